The normalized spacial score (nSPS) is 20.7. The fourth-order valence-corrected chi connectivity index (χ4v) is 1.81. The first-order chi connectivity index (χ1) is 8.54. The summed E-state index contributed by atoms with van der Waals surface area (Å²) in [5.41, 5.74) is 0.419. The molecule has 8 heteroatoms. The van der Waals surface area contributed by atoms with E-state index in [4.69, 9.17) is 11.6 Å². The van der Waals surface area contributed by atoms with Crippen LogP contribution >= 0.6 is 11.6 Å². The van der Waals surface area contributed by atoms with E-state index in [9.17, 15) is 8.78 Å². The lowest BCUT2D eigenvalue weighted by atomic mass is 10.3. The Labute approximate surface area is 106 Å². The van der Waals surface area contributed by atoms with E-state index in [1.807, 2.05) is 0 Å². The molecular weight excluding hydrogens is 264 g/mol. The molecule has 0 spiro atoms. The van der Waals surface area contributed by atoms with Crippen molar-refractivity contribution < 1.29 is 8.78 Å². The zero-order valence-corrected chi connectivity index (χ0v) is 9.75. The number of nitrogens with zero attached hydrogens (tertiary/aromatic N) is 3. The molecule has 0 aromatic carbocycles. The van der Waals surface area contributed by atoms with Gasteiger partial charge in [-0.2, -0.15) is 5.10 Å². The van der Waals surface area contributed by atoms with Gasteiger partial charge in [0.2, 0.25) is 5.28 Å². The van der Waals surface area contributed by atoms with Crippen LogP contribution in [0.3, 0.4) is 0 Å². The van der Waals surface area contributed by atoms with Crippen molar-refractivity contribution in [3.8, 4) is 0 Å². The summed E-state index contributed by atoms with van der Waals surface area (Å²) >= 11 is 5.62. The van der Waals surface area contributed by atoms with Crippen LogP contribution in [0.2, 0.25) is 5.28 Å². The Hall–Kier alpha value is -1.76. The summed E-state index contributed by atoms with van der Waals surface area (Å²) < 4.78 is 25.7. The number of hydrogen-bond acceptors (Lipinski definition) is 4. The molecule has 94 valence electrons. The van der Waals surface area contributed by atoms with Gasteiger partial charge in [0.05, 0.1) is 5.92 Å². The highest BCUT2D eigenvalue weighted by molar-refractivity contribution is 6.28. The molecule has 1 aliphatic rings. The summed E-state index contributed by atoms with van der Waals surface area (Å²) in [4.78, 5) is 7.64. The Balaban J connectivity index is 1.75. The summed E-state index contributed by atoms with van der Waals surface area (Å²) in [6.07, 6.45) is 1.36. The third-order valence-corrected chi connectivity index (χ3v) is 2.86. The predicted octanol–water partition coefficient (Wildman–Crippen LogP) is 2.72. The lowest BCUT2D eigenvalue weighted by Gasteiger charge is -2.00. The molecule has 18 heavy (non-hydrogen) atoms. The van der Waals surface area contributed by atoms with Crippen LogP contribution in [-0.4, -0.2) is 26.1 Å². The fraction of sp³-hybridized carbons (Fsp3) is 0.300. The Morgan fingerprint density at radius 3 is 2.89 bits per heavy atom. The number of alkyl halides is 2. The Morgan fingerprint density at radius 1 is 1.44 bits per heavy atom. The van der Waals surface area contributed by atoms with Crippen molar-refractivity contribution in [2.75, 3.05) is 5.32 Å². The maximum atomic E-state index is 12.9. The lowest BCUT2D eigenvalue weighted by Crippen LogP contribution is -1.94. The molecule has 1 atom stereocenters. The fourth-order valence-electron chi connectivity index (χ4n) is 1.67. The van der Waals surface area contributed by atoms with Gasteiger partial charge < -0.3 is 5.32 Å². The van der Waals surface area contributed by atoms with E-state index in [-0.39, 0.29) is 11.7 Å². The molecule has 0 aliphatic heterocycles. The second kappa shape index (κ2) is 3.88. The molecular formula is C10H8ClF2N5. The molecule has 1 fully saturated rings. The van der Waals surface area contributed by atoms with Gasteiger partial charge in [-0.05, 0) is 17.7 Å². The first-order valence-electron chi connectivity index (χ1n) is 5.23. The van der Waals surface area contributed by atoms with Crippen molar-refractivity contribution >= 4 is 23.2 Å². The van der Waals surface area contributed by atoms with Gasteiger partial charge >= 0.3 is 0 Å². The van der Waals surface area contributed by atoms with E-state index < -0.39 is 11.8 Å². The van der Waals surface area contributed by atoms with E-state index in [2.05, 4.69) is 25.5 Å². The third-order valence-electron chi connectivity index (χ3n) is 2.68. The molecule has 1 aliphatic carbocycles. The minimum absolute atomic E-state index is 0.101. The monoisotopic (exact) mass is 271 g/mol. The van der Waals surface area contributed by atoms with E-state index in [1.165, 1.54) is 6.20 Å². The van der Waals surface area contributed by atoms with E-state index >= 15 is 0 Å². The van der Waals surface area contributed by atoms with Gasteiger partial charge in [-0.3, -0.25) is 5.10 Å². The van der Waals surface area contributed by atoms with Crippen LogP contribution in [0.1, 0.15) is 18.0 Å². The predicted molar refractivity (Wildman–Crippen MR) is 61.2 cm³/mol. The van der Waals surface area contributed by atoms with Crippen molar-refractivity contribution in [1.82, 2.24) is 20.2 Å². The van der Waals surface area contributed by atoms with Crippen molar-refractivity contribution in [3.05, 3.63) is 29.3 Å². The molecule has 2 aromatic heterocycles. The average molecular weight is 272 g/mol. The van der Waals surface area contributed by atoms with Crippen LogP contribution in [0.15, 0.2) is 18.3 Å². The second-order valence-electron chi connectivity index (χ2n) is 4.06. The van der Waals surface area contributed by atoms with Crippen LogP contribution < -0.4 is 5.32 Å². The van der Waals surface area contributed by atoms with Gasteiger partial charge in [-0.1, -0.05) is 0 Å². The molecule has 0 radical (unpaired) electrons. The van der Waals surface area contributed by atoms with Crippen LogP contribution in [0.25, 0.3) is 0 Å². The summed E-state index contributed by atoms with van der Waals surface area (Å²) in [6, 6.07) is 3.15. The maximum absolute atomic E-state index is 12.9. The van der Waals surface area contributed by atoms with Crippen molar-refractivity contribution in [2.24, 2.45) is 0 Å². The highest BCUT2D eigenvalue weighted by Crippen LogP contribution is 2.55. The number of nitrogens with one attached hydrogen (secondary N) is 2. The minimum Gasteiger partial charge on any atom is -0.323 e. The molecule has 0 bridgehead atoms. The quantitative estimate of drug-likeness (QED) is 0.843. The van der Waals surface area contributed by atoms with Crippen molar-refractivity contribution in [1.29, 1.82) is 0 Å². The van der Waals surface area contributed by atoms with Gasteiger partial charge in [0, 0.05) is 24.4 Å². The van der Waals surface area contributed by atoms with Gasteiger partial charge in [0.25, 0.3) is 5.92 Å². The number of halogens is 3. The van der Waals surface area contributed by atoms with Crippen LogP contribution in [0.4, 0.5) is 20.4 Å². The first-order valence-corrected chi connectivity index (χ1v) is 5.61. The van der Waals surface area contributed by atoms with Gasteiger partial charge in [-0.25, -0.2) is 18.7 Å². The minimum atomic E-state index is -2.61. The molecule has 0 saturated heterocycles. The van der Waals surface area contributed by atoms with Crippen molar-refractivity contribution in [3.63, 3.8) is 0 Å². The summed E-state index contributed by atoms with van der Waals surface area (Å²) in [5.74, 6) is -2.49. The molecule has 2 heterocycles. The number of anilines is 2. The largest absolute Gasteiger partial charge is 0.323 e. The van der Waals surface area contributed by atoms with Crippen molar-refractivity contribution in [2.45, 2.75) is 18.3 Å². The number of H-pyrrole nitrogens is 1. The molecule has 3 rings (SSSR count). The Morgan fingerprint density at radius 2 is 2.22 bits per heavy atom. The molecule has 1 saturated carbocycles. The Bertz CT molecular complexity index is 585. The smallest absolute Gasteiger partial charge is 0.257 e. The van der Waals surface area contributed by atoms with Crippen LogP contribution in [0, 0.1) is 0 Å². The first kappa shape index (κ1) is 11.3. The second-order valence-corrected chi connectivity index (χ2v) is 4.40. The standard InChI is InChI=1S/C10H8ClF2N5/c11-9-14-2-1-7(16-9)15-8-3-6(17-18-8)5-4-10(5,12)13/h1-3,5H,4H2,(H2,14,15,16,17,18). The molecule has 2 N–H and O–H groups in total. The van der Waals surface area contributed by atoms with E-state index in [1.54, 1.807) is 12.1 Å². The topological polar surface area (TPSA) is 66.5 Å². The van der Waals surface area contributed by atoms with E-state index in [0.717, 1.165) is 0 Å². The lowest BCUT2D eigenvalue weighted by molar-refractivity contribution is 0.111. The third kappa shape index (κ3) is 2.13. The van der Waals surface area contributed by atoms with Crippen LogP contribution in [0.5, 0.6) is 0 Å². The summed E-state index contributed by atoms with van der Waals surface area (Å²) in [7, 11) is 0. The maximum Gasteiger partial charge on any atom is 0.257 e. The van der Waals surface area contributed by atoms with Gasteiger partial charge in [0.1, 0.15) is 5.82 Å². The van der Waals surface area contributed by atoms with E-state index in [0.29, 0.717) is 17.3 Å². The highest BCUT2D eigenvalue weighted by Gasteiger charge is 2.58. The average Bonchev–Trinajstić information content (AvgIpc) is 2.72. The SMILES string of the molecule is FC1(F)CC1c1cc(Nc2ccnc(Cl)n2)n[nH]1. The summed E-state index contributed by atoms with van der Waals surface area (Å²) in [5, 5.41) is 9.44. The number of aromatic amines is 1. The highest BCUT2D eigenvalue weighted by atomic mass is 35.5. The zero-order chi connectivity index (χ0) is 12.8. The Kier molecular flexibility index (Phi) is 2.44. The number of rotatable bonds is 3. The van der Waals surface area contributed by atoms with Crippen LogP contribution in [-0.2, 0) is 0 Å². The van der Waals surface area contributed by atoms with Gasteiger partial charge in [-0.15, -0.1) is 0 Å². The zero-order valence-electron chi connectivity index (χ0n) is 8.99. The molecule has 0 amide bonds. The summed E-state index contributed by atoms with van der Waals surface area (Å²) in [6.45, 7) is 0. The molecule has 2 aromatic rings. The molecule has 5 nitrogen and oxygen atoms in total. The molecule has 1 unspecified atom stereocenters. The number of hydrogen-bond donors (Lipinski definition) is 2. The van der Waals surface area contributed by atoms with Gasteiger partial charge in [0.15, 0.2) is 5.82 Å². The number of aromatic nitrogens is 4.